The second kappa shape index (κ2) is 8.40. The molecule has 2 aromatic heterocycles. The van der Waals surface area contributed by atoms with Crippen LogP contribution < -0.4 is 4.90 Å². The lowest BCUT2D eigenvalue weighted by molar-refractivity contribution is 0.0761. The molecule has 0 radical (unpaired) electrons. The Kier molecular flexibility index (Phi) is 5.99. The maximum absolute atomic E-state index is 9.59. The third-order valence-corrected chi connectivity index (χ3v) is 4.25. The summed E-state index contributed by atoms with van der Waals surface area (Å²) >= 11 is 0. The number of rotatable bonds is 7. The highest BCUT2D eigenvalue weighted by Crippen LogP contribution is 2.21. The molecule has 0 spiro atoms. The van der Waals surface area contributed by atoms with Crippen molar-refractivity contribution in [2.24, 2.45) is 0 Å². The van der Waals surface area contributed by atoms with E-state index < -0.39 is 0 Å². The van der Waals surface area contributed by atoms with Crippen molar-refractivity contribution in [2.75, 3.05) is 24.6 Å². The number of aryl methyl sites for hydroxylation is 1. The van der Waals surface area contributed by atoms with Gasteiger partial charge in [0.1, 0.15) is 5.82 Å². The maximum atomic E-state index is 9.59. The Morgan fingerprint density at radius 3 is 2.80 bits per heavy atom. The molecule has 0 aliphatic carbocycles. The first kappa shape index (κ1) is 17.8. The molecular weight excluding hydrogens is 320 g/mol. The lowest BCUT2D eigenvalue weighted by Gasteiger charge is -2.30. The SMILES string of the molecule is CC(C)OCCCc1nc(-c2ccc(N3CCC(O)CC3)nc2)no1. The summed E-state index contributed by atoms with van der Waals surface area (Å²) in [6, 6.07) is 3.93. The van der Waals surface area contributed by atoms with Gasteiger partial charge in [0, 0.05) is 37.9 Å². The van der Waals surface area contributed by atoms with Crippen molar-refractivity contribution in [1.82, 2.24) is 15.1 Å². The minimum Gasteiger partial charge on any atom is -0.393 e. The van der Waals surface area contributed by atoms with Crippen LogP contribution in [-0.4, -0.2) is 52.1 Å². The average Bonchev–Trinajstić information content (AvgIpc) is 3.08. The fourth-order valence-corrected chi connectivity index (χ4v) is 2.82. The van der Waals surface area contributed by atoms with E-state index >= 15 is 0 Å². The van der Waals surface area contributed by atoms with Crippen molar-refractivity contribution < 1.29 is 14.4 Å². The van der Waals surface area contributed by atoms with Gasteiger partial charge in [-0.1, -0.05) is 5.16 Å². The zero-order valence-electron chi connectivity index (χ0n) is 14.9. The van der Waals surface area contributed by atoms with E-state index in [4.69, 9.17) is 9.26 Å². The summed E-state index contributed by atoms with van der Waals surface area (Å²) in [4.78, 5) is 11.1. The number of hydrogen-bond acceptors (Lipinski definition) is 7. The molecule has 0 bridgehead atoms. The van der Waals surface area contributed by atoms with Gasteiger partial charge in [0.2, 0.25) is 11.7 Å². The van der Waals surface area contributed by atoms with E-state index in [9.17, 15) is 5.11 Å². The molecule has 3 heterocycles. The number of aliphatic hydroxyl groups is 1. The normalized spacial score (nSPS) is 15.9. The monoisotopic (exact) mass is 346 g/mol. The van der Waals surface area contributed by atoms with Crippen molar-refractivity contribution in [3.05, 3.63) is 24.2 Å². The van der Waals surface area contributed by atoms with Crippen molar-refractivity contribution in [1.29, 1.82) is 0 Å². The topological polar surface area (TPSA) is 84.5 Å². The lowest BCUT2D eigenvalue weighted by Crippen LogP contribution is -2.36. The second-order valence-electron chi connectivity index (χ2n) is 6.66. The molecule has 25 heavy (non-hydrogen) atoms. The van der Waals surface area contributed by atoms with Gasteiger partial charge < -0.3 is 19.3 Å². The van der Waals surface area contributed by atoms with Gasteiger partial charge in [-0.3, -0.25) is 0 Å². The molecule has 0 amide bonds. The Labute approximate surface area is 148 Å². The van der Waals surface area contributed by atoms with Gasteiger partial charge in [-0.25, -0.2) is 4.98 Å². The largest absolute Gasteiger partial charge is 0.393 e. The smallest absolute Gasteiger partial charge is 0.227 e. The van der Waals surface area contributed by atoms with Crippen LogP contribution in [0.15, 0.2) is 22.9 Å². The van der Waals surface area contributed by atoms with Crippen LogP contribution in [0.4, 0.5) is 5.82 Å². The van der Waals surface area contributed by atoms with Crippen LogP contribution in [0.1, 0.15) is 39.0 Å². The molecule has 0 saturated carbocycles. The van der Waals surface area contributed by atoms with Crippen LogP contribution in [0, 0.1) is 0 Å². The van der Waals surface area contributed by atoms with E-state index in [1.54, 1.807) is 6.20 Å². The first-order valence-corrected chi connectivity index (χ1v) is 8.95. The molecule has 136 valence electrons. The van der Waals surface area contributed by atoms with Gasteiger partial charge in [0.05, 0.1) is 12.2 Å². The van der Waals surface area contributed by atoms with Gasteiger partial charge in [0.15, 0.2) is 0 Å². The van der Waals surface area contributed by atoms with Crippen LogP contribution in [0.3, 0.4) is 0 Å². The number of aliphatic hydroxyl groups excluding tert-OH is 1. The van der Waals surface area contributed by atoms with Crippen LogP contribution in [-0.2, 0) is 11.2 Å². The van der Waals surface area contributed by atoms with E-state index in [0.29, 0.717) is 24.7 Å². The molecule has 1 N–H and O–H groups in total. The van der Waals surface area contributed by atoms with Gasteiger partial charge in [0.25, 0.3) is 0 Å². The first-order valence-electron chi connectivity index (χ1n) is 8.95. The van der Waals surface area contributed by atoms with Crippen LogP contribution in [0.25, 0.3) is 11.4 Å². The number of hydrogen-bond donors (Lipinski definition) is 1. The average molecular weight is 346 g/mol. The zero-order valence-corrected chi connectivity index (χ0v) is 14.9. The Hall–Kier alpha value is -1.99. The minimum atomic E-state index is -0.181. The zero-order chi connectivity index (χ0) is 17.6. The number of ether oxygens (including phenoxy) is 1. The molecule has 3 rings (SSSR count). The van der Waals surface area contributed by atoms with E-state index in [0.717, 1.165) is 43.7 Å². The molecule has 0 atom stereocenters. The Morgan fingerprint density at radius 2 is 2.12 bits per heavy atom. The standard InChI is InChI=1S/C18H26N4O3/c1-13(2)24-11-3-4-17-20-18(21-25-17)14-5-6-16(19-12-14)22-9-7-15(23)8-10-22/h5-6,12-13,15,23H,3-4,7-11H2,1-2H3. The molecule has 7 heteroatoms. The minimum absolute atomic E-state index is 0.181. The Balaban J connectivity index is 1.55. The highest BCUT2D eigenvalue weighted by atomic mass is 16.5. The molecule has 0 aromatic carbocycles. The van der Waals surface area contributed by atoms with Gasteiger partial charge in [-0.15, -0.1) is 0 Å². The fraction of sp³-hybridized carbons (Fsp3) is 0.611. The van der Waals surface area contributed by atoms with Crippen LogP contribution in [0.5, 0.6) is 0 Å². The predicted molar refractivity (Wildman–Crippen MR) is 94.4 cm³/mol. The predicted octanol–water partition coefficient (Wildman–Crippen LogP) is 2.45. The third kappa shape index (κ3) is 4.99. The molecule has 2 aromatic rings. The van der Waals surface area contributed by atoms with Crippen molar-refractivity contribution in [2.45, 2.75) is 51.7 Å². The number of nitrogens with zero attached hydrogens (tertiary/aromatic N) is 4. The highest BCUT2D eigenvalue weighted by molar-refractivity contribution is 5.55. The first-order chi connectivity index (χ1) is 12.1. The molecule has 1 aliphatic rings. The summed E-state index contributed by atoms with van der Waals surface area (Å²) in [5, 5.41) is 13.6. The quantitative estimate of drug-likeness (QED) is 0.771. The second-order valence-corrected chi connectivity index (χ2v) is 6.66. The Bertz CT molecular complexity index is 649. The fourth-order valence-electron chi connectivity index (χ4n) is 2.82. The molecule has 1 saturated heterocycles. The third-order valence-electron chi connectivity index (χ3n) is 4.25. The number of anilines is 1. The molecule has 1 aliphatic heterocycles. The molecule has 7 nitrogen and oxygen atoms in total. The summed E-state index contributed by atoms with van der Waals surface area (Å²) in [6.45, 7) is 6.40. The lowest BCUT2D eigenvalue weighted by atomic mass is 10.1. The summed E-state index contributed by atoms with van der Waals surface area (Å²) < 4.78 is 10.8. The maximum Gasteiger partial charge on any atom is 0.227 e. The van der Waals surface area contributed by atoms with Crippen LogP contribution >= 0.6 is 0 Å². The van der Waals surface area contributed by atoms with Crippen molar-refractivity contribution in [3.63, 3.8) is 0 Å². The van der Waals surface area contributed by atoms with E-state index in [2.05, 4.69) is 20.0 Å². The van der Waals surface area contributed by atoms with Crippen LogP contribution in [0.2, 0.25) is 0 Å². The van der Waals surface area contributed by atoms with Crippen molar-refractivity contribution in [3.8, 4) is 11.4 Å². The molecule has 1 fully saturated rings. The van der Waals surface area contributed by atoms with E-state index in [-0.39, 0.29) is 12.2 Å². The van der Waals surface area contributed by atoms with Gasteiger partial charge in [-0.2, -0.15) is 4.98 Å². The van der Waals surface area contributed by atoms with E-state index in [1.807, 2.05) is 26.0 Å². The van der Waals surface area contributed by atoms with Gasteiger partial charge >= 0.3 is 0 Å². The Morgan fingerprint density at radius 1 is 1.32 bits per heavy atom. The number of pyridine rings is 1. The number of piperidine rings is 1. The van der Waals surface area contributed by atoms with Crippen molar-refractivity contribution >= 4 is 5.82 Å². The van der Waals surface area contributed by atoms with E-state index in [1.165, 1.54) is 0 Å². The highest BCUT2D eigenvalue weighted by Gasteiger charge is 2.18. The van der Waals surface area contributed by atoms with Gasteiger partial charge in [-0.05, 0) is 45.2 Å². The summed E-state index contributed by atoms with van der Waals surface area (Å²) in [5.74, 6) is 2.11. The molecule has 0 unspecified atom stereocenters. The number of aromatic nitrogens is 3. The molecular formula is C18H26N4O3. The summed E-state index contributed by atoms with van der Waals surface area (Å²) in [6.07, 6.45) is 4.98. The summed E-state index contributed by atoms with van der Waals surface area (Å²) in [5.41, 5.74) is 0.842. The summed E-state index contributed by atoms with van der Waals surface area (Å²) in [7, 11) is 0.